The molecule has 1 aliphatic heterocycles. The number of pyridine rings is 1. The van der Waals surface area contributed by atoms with Crippen LogP contribution in [-0.2, 0) is 4.79 Å². The number of piperazine rings is 1. The van der Waals surface area contributed by atoms with Crippen LogP contribution in [0.15, 0.2) is 23.2 Å². The predicted molar refractivity (Wildman–Crippen MR) is 131 cm³/mol. The summed E-state index contributed by atoms with van der Waals surface area (Å²) in [5.74, 6) is 1.01. The second-order valence-electron chi connectivity index (χ2n) is 8.61. The van der Waals surface area contributed by atoms with Gasteiger partial charge in [-0.05, 0) is 50.9 Å². The van der Waals surface area contributed by atoms with Crippen molar-refractivity contribution in [3.63, 3.8) is 0 Å². The van der Waals surface area contributed by atoms with Crippen LogP contribution >= 0.6 is 23.3 Å². The highest BCUT2D eigenvalue weighted by molar-refractivity contribution is 7.97. The summed E-state index contributed by atoms with van der Waals surface area (Å²) in [4.78, 5) is 14.8. The second kappa shape index (κ2) is 10.5. The quantitative estimate of drug-likeness (QED) is 0.370. The van der Waals surface area contributed by atoms with Crippen LogP contribution in [0.1, 0.15) is 31.2 Å². The van der Waals surface area contributed by atoms with Crippen molar-refractivity contribution in [2.24, 2.45) is 0 Å². The van der Waals surface area contributed by atoms with E-state index in [9.17, 15) is 8.78 Å². The zero-order valence-corrected chi connectivity index (χ0v) is 20.9. The number of rotatable bonds is 7. The molecule has 9 nitrogen and oxygen atoms in total. The van der Waals surface area contributed by atoms with Crippen LogP contribution in [0.5, 0.6) is 0 Å². The van der Waals surface area contributed by atoms with E-state index >= 15 is 0 Å². The van der Waals surface area contributed by atoms with Gasteiger partial charge in [-0.25, -0.2) is 13.3 Å². The summed E-state index contributed by atoms with van der Waals surface area (Å²) in [7, 11) is 3.69. The van der Waals surface area contributed by atoms with Gasteiger partial charge in [-0.3, -0.25) is 9.52 Å². The van der Waals surface area contributed by atoms with Gasteiger partial charge < -0.3 is 15.1 Å². The summed E-state index contributed by atoms with van der Waals surface area (Å²) in [5, 5.41) is 14.7. The van der Waals surface area contributed by atoms with Crippen molar-refractivity contribution >= 4 is 41.0 Å². The minimum atomic E-state index is -2.62. The van der Waals surface area contributed by atoms with Crippen molar-refractivity contribution in [2.45, 2.75) is 36.6 Å². The number of hydrogen-bond acceptors (Lipinski definition) is 9. The van der Waals surface area contributed by atoms with Crippen molar-refractivity contribution < 1.29 is 13.6 Å². The first-order valence-corrected chi connectivity index (χ1v) is 12.6. The van der Waals surface area contributed by atoms with Crippen LogP contribution in [0.4, 0.5) is 14.6 Å². The first kappa shape index (κ1) is 24.8. The van der Waals surface area contributed by atoms with Gasteiger partial charge in [-0.2, -0.15) is 5.10 Å². The number of amides is 1. The molecule has 0 radical (unpaired) electrons. The lowest BCUT2D eigenvalue weighted by Gasteiger charge is -2.34. The second-order valence-corrected chi connectivity index (χ2v) is 10.5. The third-order valence-corrected chi connectivity index (χ3v) is 7.82. The number of anilines is 1. The number of halogens is 2. The largest absolute Gasteiger partial charge is 0.362 e. The molecule has 2 fully saturated rings. The Morgan fingerprint density at radius 1 is 1.21 bits per heavy atom. The number of nitrogens with zero attached hydrogens (tertiary/aromatic N) is 6. The maximum absolute atomic E-state index is 13.0. The lowest BCUT2D eigenvalue weighted by Crippen LogP contribution is -2.45. The molecule has 184 valence electrons. The number of carbonyl (C=O) groups is 1. The molecule has 1 aliphatic carbocycles. The minimum absolute atomic E-state index is 0.194. The normalized spacial score (nSPS) is 17.5. The molecule has 0 unspecified atom stereocenters. The van der Waals surface area contributed by atoms with Crippen LogP contribution in [0.25, 0.3) is 16.1 Å². The van der Waals surface area contributed by atoms with Crippen molar-refractivity contribution in [3.8, 4) is 10.6 Å². The van der Waals surface area contributed by atoms with Gasteiger partial charge in [0.15, 0.2) is 10.0 Å². The van der Waals surface area contributed by atoms with E-state index in [1.165, 1.54) is 12.8 Å². The summed E-state index contributed by atoms with van der Waals surface area (Å²) >= 11 is 2.54. The number of nitrogens with one attached hydrogen (secondary N) is 2. The van der Waals surface area contributed by atoms with Crippen molar-refractivity contribution in [2.75, 3.05) is 45.2 Å². The Kier molecular flexibility index (Phi) is 7.65. The highest BCUT2D eigenvalue weighted by atomic mass is 32.2. The monoisotopic (exact) mass is 510 g/mol. The Morgan fingerprint density at radius 2 is 1.91 bits per heavy atom. The van der Waals surface area contributed by atoms with Gasteiger partial charge in [0.05, 0.1) is 17.3 Å². The maximum Gasteiger partial charge on any atom is 0.291 e. The summed E-state index contributed by atoms with van der Waals surface area (Å²) in [6.45, 7) is 6.01. The van der Waals surface area contributed by atoms with Crippen molar-refractivity contribution in [1.29, 1.82) is 0 Å². The molecule has 1 saturated heterocycles. The molecular weight excluding hydrogens is 482 g/mol. The number of alkyl halides is 2. The van der Waals surface area contributed by atoms with Gasteiger partial charge >= 0.3 is 0 Å². The number of aromatic nitrogens is 4. The van der Waals surface area contributed by atoms with Gasteiger partial charge in [0, 0.05) is 43.7 Å². The van der Waals surface area contributed by atoms with Crippen LogP contribution < -0.4 is 14.9 Å². The molecule has 3 aromatic heterocycles. The average Bonchev–Trinajstić information content (AvgIpc) is 3.21. The summed E-state index contributed by atoms with van der Waals surface area (Å²) in [6.07, 6.45) is 2.06. The molecule has 4 heterocycles. The van der Waals surface area contributed by atoms with Gasteiger partial charge in [-0.1, -0.05) is 11.3 Å². The lowest BCUT2D eigenvalue weighted by atomic mass is 10.2. The Hall–Kier alpha value is -2.35. The standard InChI is InChI=1S/C19H23F2N7S2.C2H5NO/c1-19(3-4-19)25-30-12-9-14-13(17-23-24-18(29-17)16(20)21)11-22-28(14)15(10-12)27-7-5-26(2)6-8-27;1-3-2-4/h9-11,16,25H,3-8H2,1-2H3;2H,1H3,(H,3,4). The maximum atomic E-state index is 13.0. The van der Waals surface area contributed by atoms with E-state index in [1.54, 1.807) is 25.2 Å². The van der Waals surface area contributed by atoms with E-state index in [1.807, 2.05) is 4.52 Å². The Labute approximate surface area is 205 Å². The predicted octanol–water partition coefficient (Wildman–Crippen LogP) is 3.05. The Balaban J connectivity index is 0.000000636. The number of likely N-dealkylation sites (N-methyl/N-ethyl adjacent to an activating group) is 1. The third-order valence-electron chi connectivity index (χ3n) is 5.79. The molecule has 2 N–H and O–H groups in total. The third kappa shape index (κ3) is 5.65. The fourth-order valence-corrected chi connectivity index (χ4v) is 5.05. The molecule has 3 aromatic rings. The average molecular weight is 511 g/mol. The fraction of sp³-hybridized carbons (Fsp3) is 0.524. The molecule has 0 aromatic carbocycles. The molecular formula is C21H28F2N8OS2. The van der Waals surface area contributed by atoms with Gasteiger partial charge in [-0.15, -0.1) is 10.2 Å². The lowest BCUT2D eigenvalue weighted by molar-refractivity contribution is -0.109. The number of hydrogen-bond donors (Lipinski definition) is 2. The van der Waals surface area contributed by atoms with Gasteiger partial charge in [0.2, 0.25) is 6.41 Å². The van der Waals surface area contributed by atoms with E-state index < -0.39 is 6.43 Å². The SMILES string of the molecule is CN1CCN(c2cc(SNC3(C)CC3)cc3c(-c4nnc(C(F)F)s4)cnn23)CC1.CNC=O. The zero-order valence-electron chi connectivity index (χ0n) is 19.3. The van der Waals surface area contributed by atoms with Crippen LogP contribution in [-0.4, -0.2) is 76.9 Å². The van der Waals surface area contributed by atoms with Crippen LogP contribution in [0.3, 0.4) is 0 Å². The Morgan fingerprint density at radius 3 is 2.50 bits per heavy atom. The van der Waals surface area contributed by atoms with Crippen molar-refractivity contribution in [1.82, 2.24) is 34.8 Å². The smallest absolute Gasteiger partial charge is 0.291 e. The zero-order chi connectivity index (χ0) is 24.3. The van der Waals surface area contributed by atoms with E-state index in [0.717, 1.165) is 59.3 Å². The molecule has 1 saturated carbocycles. The topological polar surface area (TPSA) is 90.7 Å². The van der Waals surface area contributed by atoms with E-state index in [0.29, 0.717) is 11.4 Å². The summed E-state index contributed by atoms with van der Waals surface area (Å²) in [5.41, 5.74) is 1.78. The first-order valence-electron chi connectivity index (χ1n) is 11.0. The fourth-order valence-electron chi connectivity index (χ4n) is 3.43. The molecule has 0 bridgehead atoms. The van der Waals surface area contributed by atoms with Crippen molar-refractivity contribution in [3.05, 3.63) is 23.3 Å². The molecule has 1 amide bonds. The number of fused-ring (bicyclic) bond motifs is 1. The Bertz CT molecular complexity index is 1130. The highest BCUT2D eigenvalue weighted by Gasteiger charge is 2.37. The highest BCUT2D eigenvalue weighted by Crippen LogP contribution is 2.39. The van der Waals surface area contributed by atoms with Crippen LogP contribution in [0.2, 0.25) is 0 Å². The summed E-state index contributed by atoms with van der Waals surface area (Å²) < 4.78 is 31.5. The van der Waals surface area contributed by atoms with E-state index in [4.69, 9.17) is 4.79 Å². The van der Waals surface area contributed by atoms with E-state index in [2.05, 4.69) is 61.2 Å². The number of carbonyl (C=O) groups excluding carboxylic acids is 1. The van der Waals surface area contributed by atoms with Crippen LogP contribution in [0, 0.1) is 0 Å². The molecule has 34 heavy (non-hydrogen) atoms. The van der Waals surface area contributed by atoms with Gasteiger partial charge in [0.1, 0.15) is 5.82 Å². The van der Waals surface area contributed by atoms with Gasteiger partial charge in [0.25, 0.3) is 6.43 Å². The first-order chi connectivity index (χ1) is 16.3. The molecule has 2 aliphatic rings. The molecule has 0 spiro atoms. The molecule has 13 heteroatoms. The van der Waals surface area contributed by atoms with E-state index in [-0.39, 0.29) is 10.5 Å². The molecule has 5 rings (SSSR count). The summed E-state index contributed by atoms with van der Waals surface area (Å²) in [6, 6.07) is 4.21. The molecule has 0 atom stereocenters. The minimum Gasteiger partial charge on any atom is -0.362 e.